The third-order valence-electron chi connectivity index (χ3n) is 2.51. The Morgan fingerprint density at radius 1 is 1.19 bits per heavy atom. The van der Waals surface area contributed by atoms with Gasteiger partial charge in [-0.05, 0) is 29.3 Å². The van der Waals surface area contributed by atoms with Gasteiger partial charge in [-0.1, -0.05) is 30.3 Å². The zero-order valence-electron chi connectivity index (χ0n) is 9.23. The minimum atomic E-state index is 0.544. The quantitative estimate of drug-likeness (QED) is 0.848. The van der Waals surface area contributed by atoms with Crippen molar-refractivity contribution in [3.63, 3.8) is 0 Å². The average Bonchev–Trinajstić information content (AvgIpc) is 2.39. The van der Waals surface area contributed by atoms with E-state index in [-0.39, 0.29) is 0 Å². The van der Waals surface area contributed by atoms with Gasteiger partial charge in [-0.2, -0.15) is 0 Å². The van der Waals surface area contributed by atoms with Crippen LogP contribution in [-0.2, 0) is 6.54 Å². The van der Waals surface area contributed by atoms with Crippen LogP contribution in [0, 0.1) is 6.07 Å². The molecule has 0 saturated carbocycles. The number of para-hydroxylation sites is 1. The molecule has 81 valence electrons. The van der Waals surface area contributed by atoms with E-state index in [0.717, 1.165) is 22.4 Å². The van der Waals surface area contributed by atoms with Gasteiger partial charge < -0.3 is 10.5 Å². The maximum absolute atomic E-state index is 5.55. The Morgan fingerprint density at radius 2 is 2.00 bits per heavy atom. The molecular weight excluding hydrogens is 198 g/mol. The van der Waals surface area contributed by atoms with Gasteiger partial charge in [0, 0.05) is 12.1 Å². The lowest BCUT2D eigenvalue weighted by Gasteiger charge is -2.08. The molecule has 0 aromatic heterocycles. The average molecular weight is 212 g/mol. The first-order chi connectivity index (χ1) is 7.85. The number of rotatable bonds is 3. The molecule has 2 aromatic carbocycles. The van der Waals surface area contributed by atoms with Crippen molar-refractivity contribution in [2.75, 3.05) is 7.11 Å². The van der Waals surface area contributed by atoms with Crippen LogP contribution in [0.15, 0.2) is 42.5 Å². The van der Waals surface area contributed by atoms with Crippen LogP contribution in [0.3, 0.4) is 0 Å². The first-order valence-corrected chi connectivity index (χ1v) is 5.19. The molecule has 0 amide bonds. The lowest BCUT2D eigenvalue weighted by molar-refractivity contribution is 0.416. The van der Waals surface area contributed by atoms with Crippen LogP contribution in [0.4, 0.5) is 0 Å². The molecule has 16 heavy (non-hydrogen) atoms. The second kappa shape index (κ2) is 4.81. The van der Waals surface area contributed by atoms with E-state index in [1.165, 1.54) is 0 Å². The highest BCUT2D eigenvalue weighted by Gasteiger charge is 2.04. The van der Waals surface area contributed by atoms with E-state index in [2.05, 4.69) is 6.07 Å². The molecule has 0 heterocycles. The lowest BCUT2D eigenvalue weighted by Crippen LogP contribution is -1.95. The predicted octanol–water partition coefficient (Wildman–Crippen LogP) is 2.62. The highest BCUT2D eigenvalue weighted by Crippen LogP contribution is 2.29. The molecule has 0 aliphatic heterocycles. The summed E-state index contributed by atoms with van der Waals surface area (Å²) >= 11 is 0. The molecule has 0 atom stereocenters. The summed E-state index contributed by atoms with van der Waals surface area (Å²) < 4.78 is 5.31. The topological polar surface area (TPSA) is 35.2 Å². The van der Waals surface area contributed by atoms with Crippen LogP contribution in [0.1, 0.15) is 5.56 Å². The Labute approximate surface area is 95.7 Å². The van der Waals surface area contributed by atoms with Crippen molar-refractivity contribution in [1.82, 2.24) is 0 Å². The molecule has 0 bridgehead atoms. The Hall–Kier alpha value is -1.80. The zero-order valence-corrected chi connectivity index (χ0v) is 9.23. The van der Waals surface area contributed by atoms with Crippen LogP contribution in [-0.4, -0.2) is 7.11 Å². The van der Waals surface area contributed by atoms with E-state index < -0.39 is 0 Å². The Bertz CT molecular complexity index is 462. The van der Waals surface area contributed by atoms with Gasteiger partial charge in [-0.25, -0.2) is 0 Å². The molecule has 2 nitrogen and oxygen atoms in total. The normalized spacial score (nSPS) is 10.1. The minimum absolute atomic E-state index is 0.544. The van der Waals surface area contributed by atoms with Crippen molar-refractivity contribution in [3.05, 3.63) is 54.1 Å². The van der Waals surface area contributed by atoms with E-state index in [9.17, 15) is 0 Å². The van der Waals surface area contributed by atoms with Gasteiger partial charge in [0.2, 0.25) is 0 Å². The van der Waals surface area contributed by atoms with Crippen LogP contribution in [0.5, 0.6) is 5.75 Å². The highest BCUT2D eigenvalue weighted by atomic mass is 16.5. The van der Waals surface area contributed by atoms with E-state index in [1.807, 2.05) is 42.5 Å². The maximum Gasteiger partial charge on any atom is 0.126 e. The van der Waals surface area contributed by atoms with Crippen molar-refractivity contribution >= 4 is 0 Å². The SMILES string of the molecule is COc1ccccc1-c1[c]cc(CN)cc1. The molecule has 0 fully saturated rings. The van der Waals surface area contributed by atoms with Crippen molar-refractivity contribution in [2.24, 2.45) is 5.73 Å². The van der Waals surface area contributed by atoms with Crippen molar-refractivity contribution in [1.29, 1.82) is 0 Å². The van der Waals surface area contributed by atoms with Gasteiger partial charge in [0.05, 0.1) is 7.11 Å². The van der Waals surface area contributed by atoms with Gasteiger partial charge in [0.1, 0.15) is 5.75 Å². The van der Waals surface area contributed by atoms with Gasteiger partial charge in [0.15, 0.2) is 0 Å². The predicted molar refractivity (Wildman–Crippen MR) is 65.2 cm³/mol. The molecule has 2 aromatic rings. The Balaban J connectivity index is 2.42. The largest absolute Gasteiger partial charge is 0.496 e. The number of ether oxygens (including phenoxy) is 1. The summed E-state index contributed by atoms with van der Waals surface area (Å²) in [5.41, 5.74) is 8.70. The highest BCUT2D eigenvalue weighted by molar-refractivity contribution is 5.69. The smallest absolute Gasteiger partial charge is 0.126 e. The molecule has 0 saturated heterocycles. The zero-order chi connectivity index (χ0) is 11.4. The fourth-order valence-corrected chi connectivity index (χ4v) is 1.62. The molecule has 2 N–H and O–H groups in total. The summed E-state index contributed by atoms with van der Waals surface area (Å²) in [6, 6.07) is 17.1. The number of hydrogen-bond donors (Lipinski definition) is 1. The van der Waals surface area contributed by atoms with Crippen LogP contribution >= 0.6 is 0 Å². The molecular formula is C14H14NO. The fraction of sp³-hybridized carbons (Fsp3) is 0.143. The molecule has 2 heteroatoms. The van der Waals surface area contributed by atoms with Gasteiger partial charge in [-0.15, -0.1) is 0 Å². The standard InChI is InChI=1S/C14H14NO/c1-16-14-5-3-2-4-13(14)12-8-6-11(10-15)7-9-12/h2-8H,10,15H2,1H3. The molecule has 0 spiro atoms. The van der Waals surface area contributed by atoms with Crippen molar-refractivity contribution in [2.45, 2.75) is 6.54 Å². The van der Waals surface area contributed by atoms with E-state index >= 15 is 0 Å². The minimum Gasteiger partial charge on any atom is -0.496 e. The molecule has 2 rings (SSSR count). The summed E-state index contributed by atoms with van der Waals surface area (Å²) in [6.07, 6.45) is 0. The fourth-order valence-electron chi connectivity index (χ4n) is 1.62. The summed E-state index contributed by atoms with van der Waals surface area (Å²) in [7, 11) is 1.67. The van der Waals surface area contributed by atoms with Crippen LogP contribution in [0.2, 0.25) is 0 Å². The molecule has 0 aliphatic rings. The number of hydrogen-bond acceptors (Lipinski definition) is 2. The summed E-state index contributed by atoms with van der Waals surface area (Å²) in [6.45, 7) is 0.544. The molecule has 0 unspecified atom stereocenters. The third kappa shape index (κ3) is 2.07. The first kappa shape index (κ1) is 10.7. The van der Waals surface area contributed by atoms with E-state index in [0.29, 0.717) is 6.54 Å². The molecule has 0 aliphatic carbocycles. The maximum atomic E-state index is 5.55. The third-order valence-corrected chi connectivity index (χ3v) is 2.51. The van der Waals surface area contributed by atoms with Gasteiger partial charge in [0.25, 0.3) is 0 Å². The molecule has 1 radical (unpaired) electrons. The van der Waals surface area contributed by atoms with Gasteiger partial charge in [-0.3, -0.25) is 0 Å². The van der Waals surface area contributed by atoms with Gasteiger partial charge >= 0.3 is 0 Å². The van der Waals surface area contributed by atoms with Crippen molar-refractivity contribution in [3.8, 4) is 16.9 Å². The summed E-state index contributed by atoms with van der Waals surface area (Å²) in [4.78, 5) is 0. The second-order valence-corrected chi connectivity index (χ2v) is 3.52. The monoisotopic (exact) mass is 212 g/mol. The number of nitrogens with two attached hydrogens (primary N) is 1. The van der Waals surface area contributed by atoms with Crippen molar-refractivity contribution < 1.29 is 4.74 Å². The first-order valence-electron chi connectivity index (χ1n) is 5.19. The lowest BCUT2D eigenvalue weighted by atomic mass is 10.0. The summed E-state index contributed by atoms with van der Waals surface area (Å²) in [5.74, 6) is 0.860. The number of methoxy groups -OCH3 is 1. The Morgan fingerprint density at radius 3 is 2.62 bits per heavy atom. The second-order valence-electron chi connectivity index (χ2n) is 3.52. The Kier molecular flexibility index (Phi) is 3.22. The van der Waals surface area contributed by atoms with E-state index in [1.54, 1.807) is 7.11 Å². The van der Waals surface area contributed by atoms with E-state index in [4.69, 9.17) is 10.5 Å². The van der Waals surface area contributed by atoms with Crippen LogP contribution in [0.25, 0.3) is 11.1 Å². The summed E-state index contributed by atoms with van der Waals surface area (Å²) in [5, 5.41) is 0. The number of benzene rings is 2. The van der Waals surface area contributed by atoms with Crippen LogP contribution < -0.4 is 10.5 Å².